The molecule has 1 atom stereocenters. The van der Waals surface area contributed by atoms with Gasteiger partial charge in [-0.25, -0.2) is 12.8 Å². The maximum atomic E-state index is 12.9. The van der Waals surface area contributed by atoms with E-state index in [2.05, 4.69) is 5.43 Å². The summed E-state index contributed by atoms with van der Waals surface area (Å²) in [5, 5.41) is 0. The summed E-state index contributed by atoms with van der Waals surface area (Å²) in [5.74, 6) is -0.156. The van der Waals surface area contributed by atoms with Crippen LogP contribution in [0.1, 0.15) is 13.8 Å². The van der Waals surface area contributed by atoms with Crippen LogP contribution >= 0.6 is 0 Å². The van der Waals surface area contributed by atoms with E-state index in [0.29, 0.717) is 18.1 Å². The molecule has 0 saturated heterocycles. The van der Waals surface area contributed by atoms with Gasteiger partial charge in [0.05, 0.1) is 11.5 Å². The van der Waals surface area contributed by atoms with Crippen molar-refractivity contribution >= 4 is 15.9 Å². The summed E-state index contributed by atoms with van der Waals surface area (Å²) in [5.41, 5.74) is 2.07. The number of benzene rings is 2. The summed E-state index contributed by atoms with van der Waals surface area (Å²) >= 11 is 0. The molecule has 0 aromatic heterocycles. The summed E-state index contributed by atoms with van der Waals surface area (Å²) in [6.45, 7) is 3.87. The highest BCUT2D eigenvalue weighted by Gasteiger charge is 2.19. The first-order valence-corrected chi connectivity index (χ1v) is 9.27. The summed E-state index contributed by atoms with van der Waals surface area (Å²) in [7, 11) is -4.01. The number of carbonyl (C=O) groups is 1. The molecule has 140 valence electrons. The van der Waals surface area contributed by atoms with Crippen LogP contribution in [0.15, 0.2) is 53.4 Å². The van der Waals surface area contributed by atoms with Gasteiger partial charge in [0.25, 0.3) is 15.9 Å². The molecule has 0 saturated carbocycles. The molecule has 0 aliphatic heterocycles. The molecular formula is C17H19FN2O5S. The average Bonchev–Trinajstić information content (AvgIpc) is 2.62. The molecule has 9 heteroatoms. The third-order valence-corrected chi connectivity index (χ3v) is 4.51. The molecule has 0 spiro atoms. The van der Waals surface area contributed by atoms with E-state index in [-0.39, 0.29) is 4.90 Å². The predicted molar refractivity (Wildman–Crippen MR) is 92.6 cm³/mol. The van der Waals surface area contributed by atoms with Crippen molar-refractivity contribution in [2.45, 2.75) is 24.8 Å². The number of rotatable bonds is 8. The van der Waals surface area contributed by atoms with Gasteiger partial charge in [0.15, 0.2) is 6.10 Å². The molecule has 1 amide bonds. The molecular weight excluding hydrogens is 363 g/mol. The fraction of sp³-hybridized carbons (Fsp3) is 0.235. The van der Waals surface area contributed by atoms with Gasteiger partial charge in [0.2, 0.25) is 0 Å². The van der Waals surface area contributed by atoms with Crippen LogP contribution < -0.4 is 19.7 Å². The van der Waals surface area contributed by atoms with E-state index in [4.69, 9.17) is 9.47 Å². The van der Waals surface area contributed by atoms with Crippen molar-refractivity contribution in [1.29, 1.82) is 0 Å². The zero-order chi connectivity index (χ0) is 19.2. The van der Waals surface area contributed by atoms with Gasteiger partial charge in [0.1, 0.15) is 17.3 Å². The van der Waals surface area contributed by atoms with Crippen LogP contribution in [-0.2, 0) is 14.8 Å². The number of halogens is 1. The highest BCUT2D eigenvalue weighted by Crippen LogP contribution is 2.18. The molecule has 2 N–H and O–H groups in total. The van der Waals surface area contributed by atoms with Gasteiger partial charge in [-0.2, -0.15) is 0 Å². The number of hydrogen-bond acceptors (Lipinski definition) is 5. The highest BCUT2D eigenvalue weighted by atomic mass is 32.2. The van der Waals surface area contributed by atoms with E-state index in [1.165, 1.54) is 6.92 Å². The maximum Gasteiger partial charge on any atom is 0.275 e. The highest BCUT2D eigenvalue weighted by molar-refractivity contribution is 7.89. The Bertz CT molecular complexity index is 838. The first-order valence-electron chi connectivity index (χ1n) is 7.78. The van der Waals surface area contributed by atoms with Crippen molar-refractivity contribution in [2.75, 3.05) is 6.61 Å². The molecule has 0 aliphatic carbocycles. The molecule has 0 heterocycles. The molecule has 26 heavy (non-hydrogen) atoms. The lowest BCUT2D eigenvalue weighted by molar-refractivity contribution is -0.127. The van der Waals surface area contributed by atoms with Gasteiger partial charge in [-0.05, 0) is 62.4 Å². The van der Waals surface area contributed by atoms with Crippen LogP contribution in [0, 0.1) is 5.82 Å². The minimum absolute atomic E-state index is 0.181. The molecule has 0 unspecified atom stereocenters. The Kier molecular flexibility index (Phi) is 6.53. The largest absolute Gasteiger partial charge is 0.494 e. The quantitative estimate of drug-likeness (QED) is 0.681. The summed E-state index contributed by atoms with van der Waals surface area (Å²) in [6, 6.07) is 10.9. The summed E-state index contributed by atoms with van der Waals surface area (Å²) in [4.78, 5) is 13.8. The lowest BCUT2D eigenvalue weighted by atomic mass is 10.3. The fourth-order valence-corrected chi connectivity index (χ4v) is 2.78. The Morgan fingerprint density at radius 3 is 2.23 bits per heavy atom. The standard InChI is InChI=1S/C17H19FN2O5S/c1-3-24-14-6-8-15(9-7-14)25-12(2)17(21)19-20-26(22,23)16-10-4-13(18)5-11-16/h4-12,20H,3H2,1-2H3,(H,19,21)/t12-/m1/s1. The first kappa shape index (κ1) is 19.7. The second-order valence-electron chi connectivity index (χ2n) is 5.21. The Morgan fingerprint density at radius 2 is 1.65 bits per heavy atom. The zero-order valence-corrected chi connectivity index (χ0v) is 15.0. The first-order chi connectivity index (χ1) is 12.3. The molecule has 0 aliphatic rings. The van der Waals surface area contributed by atoms with Crippen molar-refractivity contribution in [1.82, 2.24) is 10.3 Å². The fourth-order valence-electron chi connectivity index (χ4n) is 1.93. The monoisotopic (exact) mass is 382 g/mol. The lowest BCUT2D eigenvalue weighted by Gasteiger charge is -2.15. The Hall–Kier alpha value is -2.65. The maximum absolute atomic E-state index is 12.9. The topological polar surface area (TPSA) is 93.7 Å². The SMILES string of the molecule is CCOc1ccc(O[C@H](C)C(=O)NNS(=O)(=O)c2ccc(F)cc2)cc1. The molecule has 0 radical (unpaired) electrons. The van der Waals surface area contributed by atoms with Gasteiger partial charge in [-0.3, -0.25) is 10.2 Å². The normalized spacial score (nSPS) is 12.3. The van der Waals surface area contributed by atoms with Gasteiger partial charge in [-0.15, -0.1) is 4.83 Å². The molecule has 2 rings (SSSR count). The zero-order valence-electron chi connectivity index (χ0n) is 14.2. The number of amides is 1. The molecule has 2 aromatic carbocycles. The Morgan fingerprint density at radius 1 is 1.08 bits per heavy atom. The van der Waals surface area contributed by atoms with Gasteiger partial charge in [-0.1, -0.05) is 0 Å². The van der Waals surface area contributed by atoms with Crippen molar-refractivity contribution in [2.24, 2.45) is 0 Å². The number of ether oxygens (including phenoxy) is 2. The second-order valence-corrected chi connectivity index (χ2v) is 6.90. The van der Waals surface area contributed by atoms with Gasteiger partial charge in [0, 0.05) is 0 Å². The minimum atomic E-state index is -4.01. The number of sulfonamides is 1. The van der Waals surface area contributed by atoms with Crippen molar-refractivity contribution in [3.05, 3.63) is 54.3 Å². The van der Waals surface area contributed by atoms with Crippen LogP contribution in [0.3, 0.4) is 0 Å². The Balaban J connectivity index is 1.91. The minimum Gasteiger partial charge on any atom is -0.494 e. The number of hydrogen-bond donors (Lipinski definition) is 2. The smallest absolute Gasteiger partial charge is 0.275 e. The Labute approximate surface area is 151 Å². The third kappa shape index (κ3) is 5.43. The van der Waals surface area contributed by atoms with Gasteiger partial charge < -0.3 is 9.47 Å². The van der Waals surface area contributed by atoms with E-state index >= 15 is 0 Å². The third-order valence-electron chi connectivity index (χ3n) is 3.25. The molecule has 7 nitrogen and oxygen atoms in total. The summed E-state index contributed by atoms with van der Waals surface area (Å²) < 4.78 is 47.7. The van der Waals surface area contributed by atoms with E-state index < -0.39 is 27.9 Å². The van der Waals surface area contributed by atoms with E-state index in [9.17, 15) is 17.6 Å². The van der Waals surface area contributed by atoms with E-state index in [1.807, 2.05) is 11.8 Å². The van der Waals surface area contributed by atoms with Crippen molar-refractivity contribution < 1.29 is 27.1 Å². The second kappa shape index (κ2) is 8.63. The molecule has 0 bridgehead atoms. The summed E-state index contributed by atoms with van der Waals surface area (Å²) in [6.07, 6.45) is -0.955. The van der Waals surface area contributed by atoms with Gasteiger partial charge >= 0.3 is 0 Å². The van der Waals surface area contributed by atoms with Crippen LogP contribution in [0.25, 0.3) is 0 Å². The van der Waals surface area contributed by atoms with Crippen LogP contribution in [0.4, 0.5) is 4.39 Å². The average molecular weight is 382 g/mol. The number of carbonyl (C=O) groups excluding carboxylic acids is 1. The van der Waals surface area contributed by atoms with Crippen LogP contribution in [0.5, 0.6) is 11.5 Å². The van der Waals surface area contributed by atoms with Crippen molar-refractivity contribution in [3.8, 4) is 11.5 Å². The van der Waals surface area contributed by atoms with Crippen molar-refractivity contribution in [3.63, 3.8) is 0 Å². The van der Waals surface area contributed by atoms with E-state index in [1.54, 1.807) is 24.3 Å². The predicted octanol–water partition coefficient (Wildman–Crippen LogP) is 2.00. The number of nitrogens with one attached hydrogen (secondary N) is 2. The van der Waals surface area contributed by atoms with Crippen LogP contribution in [-0.4, -0.2) is 27.0 Å². The van der Waals surface area contributed by atoms with E-state index in [0.717, 1.165) is 24.3 Å². The molecule has 0 fully saturated rings. The lowest BCUT2D eigenvalue weighted by Crippen LogP contribution is -2.47. The van der Waals surface area contributed by atoms with Crippen LogP contribution in [0.2, 0.25) is 0 Å². The molecule has 2 aromatic rings. The number of hydrazine groups is 1.